The zero-order chi connectivity index (χ0) is 23.6. The summed E-state index contributed by atoms with van der Waals surface area (Å²) < 4.78 is 39.4. The number of esters is 1. The molecule has 3 aromatic carbocycles. The largest absolute Gasteiger partial charge is 0.457 e. The molecule has 3 aromatic rings. The average Bonchev–Trinajstić information content (AvgIpc) is 2.80. The first-order valence-corrected chi connectivity index (χ1v) is 9.96. The van der Waals surface area contributed by atoms with Crippen molar-refractivity contribution in [2.45, 2.75) is 19.6 Å². The Bertz CT molecular complexity index is 1080. The van der Waals surface area contributed by atoms with Crippen molar-refractivity contribution in [1.82, 2.24) is 0 Å². The summed E-state index contributed by atoms with van der Waals surface area (Å²) in [7, 11) is 0. The van der Waals surface area contributed by atoms with Gasteiger partial charge in [0.15, 0.2) is 6.10 Å². The normalized spacial score (nSPS) is 11.8. The molecule has 1 amide bonds. The Morgan fingerprint density at radius 2 is 1.45 bits per heavy atom. The molecule has 0 aliphatic carbocycles. The highest BCUT2D eigenvalue weighted by Gasteiger charge is 2.16. The Balaban J connectivity index is 1.47. The van der Waals surface area contributed by atoms with Crippen LogP contribution in [0.15, 0.2) is 84.9 Å². The Labute approximate surface area is 189 Å². The zero-order valence-electron chi connectivity index (χ0n) is 17.6. The second-order valence-corrected chi connectivity index (χ2v) is 6.79. The lowest BCUT2D eigenvalue weighted by Crippen LogP contribution is -2.29. The van der Waals surface area contributed by atoms with Gasteiger partial charge < -0.3 is 19.5 Å². The van der Waals surface area contributed by atoms with Gasteiger partial charge in [0.2, 0.25) is 0 Å². The Morgan fingerprint density at radius 3 is 2.09 bits per heavy atom. The monoisotopic (exact) mass is 453 g/mol. The number of para-hydroxylation sites is 1. The molecule has 1 unspecified atom stereocenters. The molecular formula is C25H21F2NO5. The van der Waals surface area contributed by atoms with E-state index in [-0.39, 0.29) is 5.75 Å². The van der Waals surface area contributed by atoms with Gasteiger partial charge in [-0.1, -0.05) is 30.3 Å². The Hall–Kier alpha value is -4.20. The molecule has 33 heavy (non-hydrogen) atoms. The first kappa shape index (κ1) is 23.5. The average molecular weight is 453 g/mol. The summed E-state index contributed by atoms with van der Waals surface area (Å²) in [5.74, 6) is 0.0896. The lowest BCUT2D eigenvalue weighted by atomic mass is 10.2. The van der Waals surface area contributed by atoms with Crippen LogP contribution in [0.5, 0.6) is 17.2 Å². The van der Waals surface area contributed by atoms with Crippen molar-refractivity contribution in [3.63, 3.8) is 0 Å². The van der Waals surface area contributed by atoms with Crippen molar-refractivity contribution in [3.05, 3.63) is 90.5 Å². The summed E-state index contributed by atoms with van der Waals surface area (Å²) in [5, 5.41) is 2.66. The van der Waals surface area contributed by atoms with Crippen molar-refractivity contribution >= 4 is 23.6 Å². The highest BCUT2D eigenvalue weighted by molar-refractivity contribution is 5.96. The minimum atomic E-state index is -2.91. The number of hydrogen-bond acceptors (Lipinski definition) is 5. The van der Waals surface area contributed by atoms with Crippen LogP contribution in [0.4, 0.5) is 14.5 Å². The molecule has 8 heteroatoms. The molecule has 0 heterocycles. The van der Waals surface area contributed by atoms with Crippen molar-refractivity contribution in [3.8, 4) is 17.2 Å². The van der Waals surface area contributed by atoms with E-state index in [1.54, 1.807) is 24.3 Å². The van der Waals surface area contributed by atoms with Gasteiger partial charge in [-0.05, 0) is 67.1 Å². The smallest absolute Gasteiger partial charge is 0.387 e. The molecular weight excluding hydrogens is 432 g/mol. The summed E-state index contributed by atoms with van der Waals surface area (Å²) in [4.78, 5) is 24.3. The zero-order valence-corrected chi connectivity index (χ0v) is 17.6. The fourth-order valence-corrected chi connectivity index (χ4v) is 2.67. The maximum atomic E-state index is 12.3. The van der Waals surface area contributed by atoms with E-state index in [4.69, 9.17) is 9.47 Å². The minimum Gasteiger partial charge on any atom is -0.457 e. The van der Waals surface area contributed by atoms with Crippen molar-refractivity contribution < 1.29 is 32.6 Å². The number of rotatable bonds is 9. The molecule has 0 radical (unpaired) electrons. The van der Waals surface area contributed by atoms with Crippen LogP contribution in [0.1, 0.15) is 12.5 Å². The van der Waals surface area contributed by atoms with Crippen LogP contribution in [0.25, 0.3) is 6.08 Å². The van der Waals surface area contributed by atoms with E-state index in [9.17, 15) is 18.4 Å². The van der Waals surface area contributed by atoms with Gasteiger partial charge in [0.05, 0.1) is 0 Å². The van der Waals surface area contributed by atoms with Crippen molar-refractivity contribution in [2.75, 3.05) is 5.32 Å². The number of hydrogen-bond donors (Lipinski definition) is 1. The SMILES string of the molecule is CC(OC(=O)/C=C/c1ccc(OC(F)F)cc1)C(=O)Nc1ccc(Oc2ccccc2)cc1. The third-order valence-electron chi connectivity index (χ3n) is 4.28. The number of halogens is 2. The molecule has 6 nitrogen and oxygen atoms in total. The fourth-order valence-electron chi connectivity index (χ4n) is 2.67. The highest BCUT2D eigenvalue weighted by atomic mass is 19.3. The summed E-state index contributed by atoms with van der Waals surface area (Å²) in [5.41, 5.74) is 1.09. The number of carbonyl (C=O) groups excluding carboxylic acids is 2. The Kier molecular flexibility index (Phi) is 8.13. The van der Waals surface area contributed by atoms with Gasteiger partial charge in [0, 0.05) is 11.8 Å². The molecule has 3 rings (SSSR count). The van der Waals surface area contributed by atoms with Gasteiger partial charge in [0.25, 0.3) is 5.91 Å². The summed E-state index contributed by atoms with van der Waals surface area (Å²) in [6, 6.07) is 21.7. The van der Waals surface area contributed by atoms with Crippen LogP contribution in [0.3, 0.4) is 0 Å². The van der Waals surface area contributed by atoms with Crippen LogP contribution in [0.2, 0.25) is 0 Å². The second-order valence-electron chi connectivity index (χ2n) is 6.79. The van der Waals surface area contributed by atoms with E-state index >= 15 is 0 Å². The fraction of sp³-hybridized carbons (Fsp3) is 0.120. The number of anilines is 1. The third kappa shape index (κ3) is 7.77. The number of carbonyl (C=O) groups is 2. The van der Waals surface area contributed by atoms with Crippen LogP contribution in [-0.4, -0.2) is 24.6 Å². The number of nitrogens with one attached hydrogen (secondary N) is 1. The van der Waals surface area contributed by atoms with Gasteiger partial charge in [-0.25, -0.2) is 4.79 Å². The van der Waals surface area contributed by atoms with Crippen LogP contribution >= 0.6 is 0 Å². The topological polar surface area (TPSA) is 73.9 Å². The summed E-state index contributed by atoms with van der Waals surface area (Å²) in [6.45, 7) is -1.46. The maximum absolute atomic E-state index is 12.3. The second kappa shape index (κ2) is 11.4. The van der Waals surface area contributed by atoms with E-state index in [1.807, 2.05) is 30.3 Å². The van der Waals surface area contributed by atoms with Crippen LogP contribution in [0, 0.1) is 0 Å². The molecule has 0 aromatic heterocycles. The van der Waals surface area contributed by atoms with Gasteiger partial charge in [-0.3, -0.25) is 4.79 Å². The quantitative estimate of drug-likeness (QED) is 0.334. The lowest BCUT2D eigenvalue weighted by molar-refractivity contribution is -0.148. The van der Waals surface area contributed by atoms with E-state index in [0.29, 0.717) is 22.7 Å². The van der Waals surface area contributed by atoms with E-state index in [2.05, 4.69) is 10.1 Å². The van der Waals surface area contributed by atoms with Gasteiger partial charge in [0.1, 0.15) is 17.2 Å². The van der Waals surface area contributed by atoms with Crippen molar-refractivity contribution in [2.24, 2.45) is 0 Å². The van der Waals surface area contributed by atoms with Gasteiger partial charge in [-0.15, -0.1) is 0 Å². The molecule has 0 spiro atoms. The first-order valence-electron chi connectivity index (χ1n) is 9.96. The maximum Gasteiger partial charge on any atom is 0.387 e. The molecule has 0 bridgehead atoms. The van der Waals surface area contributed by atoms with Gasteiger partial charge >= 0.3 is 12.6 Å². The highest BCUT2D eigenvalue weighted by Crippen LogP contribution is 2.22. The number of amides is 1. The predicted molar refractivity (Wildman–Crippen MR) is 119 cm³/mol. The predicted octanol–water partition coefficient (Wildman–Crippen LogP) is 5.66. The third-order valence-corrected chi connectivity index (χ3v) is 4.28. The molecule has 0 fully saturated rings. The molecule has 0 aliphatic rings. The number of benzene rings is 3. The standard InChI is InChI=1S/C25H21F2NO5/c1-17(31-23(29)16-9-18-7-12-22(13-8-18)33-25(26)27)24(30)28-19-10-14-21(15-11-19)32-20-5-3-2-4-6-20/h2-17,25H,1H3,(H,28,30)/b16-9+. The number of ether oxygens (including phenoxy) is 3. The summed E-state index contributed by atoms with van der Waals surface area (Å²) in [6.07, 6.45) is 1.54. The van der Waals surface area contributed by atoms with Crippen molar-refractivity contribution in [1.29, 1.82) is 0 Å². The van der Waals surface area contributed by atoms with Crippen LogP contribution in [-0.2, 0) is 14.3 Å². The van der Waals surface area contributed by atoms with E-state index in [0.717, 1.165) is 6.08 Å². The van der Waals surface area contributed by atoms with Gasteiger partial charge in [-0.2, -0.15) is 8.78 Å². The molecule has 0 saturated heterocycles. The lowest BCUT2D eigenvalue weighted by Gasteiger charge is -2.13. The van der Waals surface area contributed by atoms with E-state index in [1.165, 1.54) is 37.3 Å². The van der Waals surface area contributed by atoms with E-state index < -0.39 is 24.6 Å². The molecule has 1 N–H and O–H groups in total. The Morgan fingerprint density at radius 1 is 0.848 bits per heavy atom. The molecule has 1 atom stereocenters. The molecule has 0 saturated carbocycles. The minimum absolute atomic E-state index is 0.00896. The first-order chi connectivity index (χ1) is 15.9. The molecule has 170 valence electrons. The number of alkyl halides is 2. The molecule has 0 aliphatic heterocycles. The van der Waals surface area contributed by atoms with Crippen LogP contribution < -0.4 is 14.8 Å². The summed E-state index contributed by atoms with van der Waals surface area (Å²) >= 11 is 0.